The van der Waals surface area contributed by atoms with Crippen molar-refractivity contribution in [1.29, 1.82) is 0 Å². The lowest BCUT2D eigenvalue weighted by atomic mass is 10.2. The van der Waals surface area contributed by atoms with E-state index in [9.17, 15) is 0 Å². The van der Waals surface area contributed by atoms with Crippen LogP contribution in [0.25, 0.3) is 0 Å². The van der Waals surface area contributed by atoms with Gasteiger partial charge in [0, 0.05) is 16.7 Å². The van der Waals surface area contributed by atoms with E-state index < -0.39 is 0 Å². The molecular weight excluding hydrogens is 287 g/mol. The minimum Gasteiger partial charge on any atom is -0.493 e. The lowest BCUT2D eigenvalue weighted by Crippen LogP contribution is -2.22. The molecule has 0 aromatic heterocycles. The molecule has 0 N–H and O–H groups in total. The van der Waals surface area contributed by atoms with E-state index in [1.165, 1.54) is 0 Å². The van der Waals surface area contributed by atoms with Crippen molar-refractivity contribution in [2.24, 2.45) is 0 Å². The van der Waals surface area contributed by atoms with Gasteiger partial charge in [0.05, 0.1) is 25.2 Å². The third-order valence-corrected chi connectivity index (χ3v) is 2.83. The predicted octanol–water partition coefficient (Wildman–Crippen LogP) is 4.28. The molecule has 0 atom stereocenters. The van der Waals surface area contributed by atoms with Crippen LogP contribution in [0.2, 0.25) is 5.02 Å². The molecule has 1 aromatic carbocycles. The van der Waals surface area contributed by atoms with Crippen LogP contribution >= 0.6 is 23.2 Å². The van der Waals surface area contributed by atoms with Gasteiger partial charge in [-0.1, -0.05) is 11.6 Å². The number of ether oxygens (including phenoxy) is 3. The van der Waals surface area contributed by atoms with Crippen LogP contribution in [-0.4, -0.2) is 25.9 Å². The summed E-state index contributed by atoms with van der Waals surface area (Å²) in [5.74, 6) is 1.52. The third kappa shape index (κ3) is 5.47. The van der Waals surface area contributed by atoms with E-state index in [0.717, 1.165) is 5.56 Å². The molecule has 0 saturated carbocycles. The molecule has 0 bridgehead atoms. The molecule has 0 fully saturated rings. The average molecular weight is 307 g/mol. The van der Waals surface area contributed by atoms with Crippen molar-refractivity contribution in [3.05, 3.63) is 22.7 Å². The Morgan fingerprint density at radius 3 is 2.37 bits per heavy atom. The van der Waals surface area contributed by atoms with Gasteiger partial charge >= 0.3 is 0 Å². The molecule has 108 valence electrons. The van der Waals surface area contributed by atoms with Gasteiger partial charge in [-0.15, -0.1) is 11.6 Å². The Kier molecular flexibility index (Phi) is 6.24. The molecule has 3 nitrogen and oxygen atoms in total. The standard InChI is InChI=1S/C14H20Cl2O3/c1-14(2,3)19-6-5-18-13-10(9-15)7-11(16)8-12(13)17-4/h7-8H,5-6,9H2,1-4H3. The summed E-state index contributed by atoms with van der Waals surface area (Å²) in [5, 5.41) is 0.575. The lowest BCUT2D eigenvalue weighted by Gasteiger charge is -2.20. The number of hydrogen-bond donors (Lipinski definition) is 0. The highest BCUT2D eigenvalue weighted by Gasteiger charge is 2.13. The number of alkyl halides is 1. The van der Waals surface area contributed by atoms with Crippen LogP contribution in [-0.2, 0) is 10.6 Å². The molecule has 0 aliphatic heterocycles. The van der Waals surface area contributed by atoms with E-state index in [1.807, 2.05) is 20.8 Å². The van der Waals surface area contributed by atoms with E-state index in [1.54, 1.807) is 19.2 Å². The molecule has 0 aliphatic rings. The highest BCUT2D eigenvalue weighted by atomic mass is 35.5. The topological polar surface area (TPSA) is 27.7 Å². The second-order valence-corrected chi connectivity index (χ2v) is 5.74. The van der Waals surface area contributed by atoms with E-state index in [0.29, 0.717) is 35.6 Å². The number of methoxy groups -OCH3 is 1. The van der Waals surface area contributed by atoms with Gasteiger partial charge in [-0.3, -0.25) is 0 Å². The molecule has 0 radical (unpaired) electrons. The summed E-state index contributed by atoms with van der Waals surface area (Å²) in [5.41, 5.74) is 0.629. The Hall–Kier alpha value is -0.640. The molecule has 1 aromatic rings. The predicted molar refractivity (Wildman–Crippen MR) is 78.8 cm³/mol. The lowest BCUT2D eigenvalue weighted by molar-refractivity contribution is -0.0166. The maximum Gasteiger partial charge on any atom is 0.165 e. The van der Waals surface area contributed by atoms with Gasteiger partial charge in [-0.25, -0.2) is 0 Å². The van der Waals surface area contributed by atoms with Crippen molar-refractivity contribution >= 4 is 23.2 Å². The van der Waals surface area contributed by atoms with Crippen LogP contribution in [0.15, 0.2) is 12.1 Å². The van der Waals surface area contributed by atoms with Gasteiger partial charge in [0.2, 0.25) is 0 Å². The fourth-order valence-corrected chi connectivity index (χ4v) is 1.96. The molecular formula is C14H20Cl2O3. The zero-order chi connectivity index (χ0) is 14.5. The highest BCUT2D eigenvalue weighted by Crippen LogP contribution is 2.35. The molecule has 5 heteroatoms. The smallest absolute Gasteiger partial charge is 0.165 e. The molecule has 0 saturated heterocycles. The normalized spacial score (nSPS) is 11.5. The fraction of sp³-hybridized carbons (Fsp3) is 0.571. The Morgan fingerprint density at radius 1 is 1.16 bits per heavy atom. The Morgan fingerprint density at radius 2 is 1.84 bits per heavy atom. The Balaban J connectivity index is 2.71. The molecule has 0 aliphatic carbocycles. The molecule has 0 amide bonds. The first-order valence-electron chi connectivity index (χ1n) is 6.06. The number of rotatable bonds is 6. The van der Waals surface area contributed by atoms with Crippen LogP contribution in [0.5, 0.6) is 11.5 Å². The first kappa shape index (κ1) is 16.4. The number of benzene rings is 1. The van der Waals surface area contributed by atoms with E-state index in [-0.39, 0.29) is 5.60 Å². The maximum atomic E-state index is 5.98. The van der Waals surface area contributed by atoms with Crippen LogP contribution in [0, 0.1) is 0 Å². The summed E-state index contributed by atoms with van der Waals surface area (Å²) in [7, 11) is 1.57. The molecule has 0 unspecified atom stereocenters. The zero-order valence-electron chi connectivity index (χ0n) is 11.8. The van der Waals surface area contributed by atoms with Crippen molar-refractivity contribution < 1.29 is 14.2 Å². The molecule has 19 heavy (non-hydrogen) atoms. The molecule has 0 heterocycles. The largest absolute Gasteiger partial charge is 0.493 e. The van der Waals surface area contributed by atoms with Crippen LogP contribution in [0.4, 0.5) is 0 Å². The van der Waals surface area contributed by atoms with Crippen molar-refractivity contribution in [3.63, 3.8) is 0 Å². The van der Waals surface area contributed by atoms with Gasteiger partial charge in [0.25, 0.3) is 0 Å². The highest BCUT2D eigenvalue weighted by molar-refractivity contribution is 6.31. The van der Waals surface area contributed by atoms with Gasteiger partial charge in [-0.2, -0.15) is 0 Å². The SMILES string of the molecule is COc1cc(Cl)cc(CCl)c1OCCOC(C)(C)C. The van der Waals surface area contributed by atoms with Gasteiger partial charge in [0.1, 0.15) is 6.61 Å². The van der Waals surface area contributed by atoms with Gasteiger partial charge in [-0.05, 0) is 26.8 Å². The molecule has 1 rings (SSSR count). The van der Waals surface area contributed by atoms with Crippen LogP contribution in [0.1, 0.15) is 26.3 Å². The second kappa shape index (κ2) is 7.22. The minimum atomic E-state index is -0.178. The van der Waals surface area contributed by atoms with Gasteiger partial charge in [0.15, 0.2) is 11.5 Å². The van der Waals surface area contributed by atoms with E-state index >= 15 is 0 Å². The fourth-order valence-electron chi connectivity index (χ4n) is 1.53. The first-order valence-corrected chi connectivity index (χ1v) is 6.97. The summed E-state index contributed by atoms with van der Waals surface area (Å²) in [6, 6.07) is 3.48. The Labute approximate surface area is 124 Å². The van der Waals surface area contributed by atoms with E-state index in [2.05, 4.69) is 0 Å². The quantitative estimate of drug-likeness (QED) is 0.580. The summed E-state index contributed by atoms with van der Waals surface area (Å²) in [6.45, 7) is 6.93. The summed E-state index contributed by atoms with van der Waals surface area (Å²) < 4.78 is 16.6. The van der Waals surface area contributed by atoms with Crippen molar-refractivity contribution in [2.75, 3.05) is 20.3 Å². The number of hydrogen-bond acceptors (Lipinski definition) is 3. The first-order chi connectivity index (χ1) is 8.87. The van der Waals surface area contributed by atoms with Crippen LogP contribution in [0.3, 0.4) is 0 Å². The average Bonchev–Trinajstić information content (AvgIpc) is 2.33. The van der Waals surface area contributed by atoms with Crippen molar-refractivity contribution in [2.45, 2.75) is 32.3 Å². The zero-order valence-corrected chi connectivity index (χ0v) is 13.3. The Bertz CT molecular complexity index is 389. The maximum absolute atomic E-state index is 5.98. The van der Waals surface area contributed by atoms with Crippen molar-refractivity contribution in [3.8, 4) is 11.5 Å². The summed E-state index contributed by atoms with van der Waals surface area (Å²) >= 11 is 11.9. The second-order valence-electron chi connectivity index (χ2n) is 5.04. The van der Waals surface area contributed by atoms with Gasteiger partial charge < -0.3 is 14.2 Å². The minimum absolute atomic E-state index is 0.178. The molecule has 0 spiro atoms. The monoisotopic (exact) mass is 306 g/mol. The third-order valence-electron chi connectivity index (χ3n) is 2.33. The number of halogens is 2. The summed E-state index contributed by atoms with van der Waals surface area (Å²) in [6.07, 6.45) is 0. The van der Waals surface area contributed by atoms with Crippen molar-refractivity contribution in [1.82, 2.24) is 0 Å². The van der Waals surface area contributed by atoms with Crippen LogP contribution < -0.4 is 9.47 Å². The summed E-state index contributed by atoms with van der Waals surface area (Å²) in [4.78, 5) is 0. The van der Waals surface area contributed by atoms with E-state index in [4.69, 9.17) is 37.4 Å².